The normalized spacial score (nSPS) is 11.2. The first kappa shape index (κ1) is 19.8. The number of anilines is 1. The van der Waals surface area contributed by atoms with Gasteiger partial charge in [-0.15, -0.1) is 0 Å². The van der Waals surface area contributed by atoms with Gasteiger partial charge < -0.3 is 10.1 Å². The van der Waals surface area contributed by atoms with Crippen molar-refractivity contribution >= 4 is 21.6 Å². The Morgan fingerprint density at radius 2 is 1.69 bits per heavy atom. The van der Waals surface area contributed by atoms with Crippen LogP contribution in [0.25, 0.3) is 0 Å². The summed E-state index contributed by atoms with van der Waals surface area (Å²) in [6.45, 7) is 5.74. The van der Waals surface area contributed by atoms with Crippen molar-refractivity contribution in [2.75, 3.05) is 17.5 Å². The van der Waals surface area contributed by atoms with Crippen molar-refractivity contribution in [3.63, 3.8) is 0 Å². The van der Waals surface area contributed by atoms with E-state index in [4.69, 9.17) is 4.74 Å². The molecule has 0 saturated heterocycles. The Morgan fingerprint density at radius 3 is 2.23 bits per heavy atom. The number of rotatable bonds is 8. The Balaban J connectivity index is 2.12. The Hall–Kier alpha value is -2.54. The molecular formula is C19H24N2O4S. The summed E-state index contributed by atoms with van der Waals surface area (Å²) in [5, 5.41) is 2.74. The third-order valence-electron chi connectivity index (χ3n) is 3.56. The molecule has 0 aliphatic rings. The molecule has 2 aromatic rings. The molecular weight excluding hydrogens is 352 g/mol. The second-order valence-corrected chi connectivity index (χ2v) is 7.85. The van der Waals surface area contributed by atoms with Crippen molar-refractivity contribution in [3.8, 4) is 5.75 Å². The van der Waals surface area contributed by atoms with Crippen LogP contribution in [0.3, 0.4) is 0 Å². The van der Waals surface area contributed by atoms with Gasteiger partial charge in [-0.3, -0.25) is 9.10 Å². The first-order valence-electron chi connectivity index (χ1n) is 8.44. The average molecular weight is 376 g/mol. The second kappa shape index (κ2) is 8.71. The van der Waals surface area contributed by atoms with Gasteiger partial charge in [0, 0.05) is 12.6 Å². The highest BCUT2D eigenvalue weighted by Crippen LogP contribution is 2.25. The fourth-order valence-corrected chi connectivity index (χ4v) is 3.93. The number of sulfonamides is 1. The first-order chi connectivity index (χ1) is 12.3. The molecule has 2 rings (SSSR count). The molecule has 26 heavy (non-hydrogen) atoms. The highest BCUT2D eigenvalue weighted by Gasteiger charge is 2.23. The van der Waals surface area contributed by atoms with Crippen LogP contribution in [0.1, 0.15) is 20.8 Å². The third kappa shape index (κ3) is 4.98. The summed E-state index contributed by atoms with van der Waals surface area (Å²) >= 11 is 0. The average Bonchev–Trinajstić information content (AvgIpc) is 2.61. The van der Waals surface area contributed by atoms with E-state index < -0.39 is 10.0 Å². The van der Waals surface area contributed by atoms with Gasteiger partial charge in [-0.25, -0.2) is 8.42 Å². The quantitative estimate of drug-likeness (QED) is 0.769. The van der Waals surface area contributed by atoms with Gasteiger partial charge in [-0.05, 0) is 57.2 Å². The molecule has 0 unspecified atom stereocenters. The van der Waals surface area contributed by atoms with E-state index in [0.717, 1.165) is 0 Å². The van der Waals surface area contributed by atoms with Crippen molar-refractivity contribution in [2.24, 2.45) is 0 Å². The van der Waals surface area contributed by atoms with E-state index in [1.807, 2.05) is 13.8 Å². The van der Waals surface area contributed by atoms with Crippen LogP contribution in [-0.2, 0) is 14.8 Å². The van der Waals surface area contributed by atoms with Crippen LogP contribution in [0.4, 0.5) is 5.69 Å². The molecule has 0 heterocycles. The van der Waals surface area contributed by atoms with Crippen LogP contribution in [0.2, 0.25) is 0 Å². The van der Waals surface area contributed by atoms with Crippen LogP contribution in [0.5, 0.6) is 5.75 Å². The number of hydrogen-bond donors (Lipinski definition) is 1. The summed E-state index contributed by atoms with van der Waals surface area (Å²) in [7, 11) is -3.63. The van der Waals surface area contributed by atoms with Crippen LogP contribution >= 0.6 is 0 Å². The predicted molar refractivity (Wildman–Crippen MR) is 102 cm³/mol. The summed E-state index contributed by atoms with van der Waals surface area (Å²) in [6.07, 6.45) is 0. The number of nitrogens with one attached hydrogen (secondary N) is 1. The smallest absolute Gasteiger partial charge is 0.264 e. The van der Waals surface area contributed by atoms with Crippen molar-refractivity contribution < 1.29 is 17.9 Å². The van der Waals surface area contributed by atoms with Crippen molar-refractivity contribution in [2.45, 2.75) is 31.7 Å². The van der Waals surface area contributed by atoms with Gasteiger partial charge in [-0.2, -0.15) is 0 Å². The Bertz CT molecular complexity index is 818. The largest absolute Gasteiger partial charge is 0.484 e. The van der Waals surface area contributed by atoms with Crippen molar-refractivity contribution in [1.29, 1.82) is 0 Å². The highest BCUT2D eigenvalue weighted by molar-refractivity contribution is 7.92. The molecule has 0 fully saturated rings. The molecule has 7 heteroatoms. The maximum atomic E-state index is 12.8. The molecule has 0 aromatic heterocycles. The minimum Gasteiger partial charge on any atom is -0.484 e. The zero-order valence-corrected chi connectivity index (χ0v) is 16.0. The molecule has 1 N–H and O–H groups in total. The maximum absolute atomic E-state index is 12.8. The summed E-state index contributed by atoms with van der Waals surface area (Å²) in [5.74, 6) is 0.298. The summed E-state index contributed by atoms with van der Waals surface area (Å²) in [4.78, 5) is 11.9. The lowest BCUT2D eigenvalue weighted by atomic mass is 10.3. The van der Waals surface area contributed by atoms with Gasteiger partial charge in [0.1, 0.15) is 5.75 Å². The molecule has 0 radical (unpaired) electrons. The number of benzene rings is 2. The number of amides is 1. The predicted octanol–water partition coefficient (Wildman–Crippen LogP) is 2.81. The van der Waals surface area contributed by atoms with Gasteiger partial charge >= 0.3 is 0 Å². The standard InChI is InChI=1S/C19H24N2O4S/c1-4-21(26(23,24)18-8-6-5-7-9-18)16-10-12-17(13-11-16)25-14-19(22)20-15(2)3/h5-13,15H,4,14H2,1-3H3,(H,20,22). The van der Waals surface area contributed by atoms with Gasteiger partial charge in [0.15, 0.2) is 6.61 Å². The van der Waals surface area contributed by atoms with E-state index in [-0.39, 0.29) is 23.5 Å². The van der Waals surface area contributed by atoms with Gasteiger partial charge in [-0.1, -0.05) is 18.2 Å². The molecule has 0 saturated carbocycles. The molecule has 0 bridgehead atoms. The van der Waals surface area contributed by atoms with Crippen molar-refractivity contribution in [3.05, 3.63) is 54.6 Å². The van der Waals surface area contributed by atoms with Gasteiger partial charge in [0.2, 0.25) is 0 Å². The molecule has 2 aromatic carbocycles. The molecule has 6 nitrogen and oxygen atoms in total. The van der Waals surface area contributed by atoms with Crippen LogP contribution < -0.4 is 14.4 Å². The molecule has 0 atom stereocenters. The molecule has 140 valence electrons. The third-order valence-corrected chi connectivity index (χ3v) is 5.48. The van der Waals surface area contributed by atoms with E-state index in [9.17, 15) is 13.2 Å². The lowest BCUT2D eigenvalue weighted by Gasteiger charge is -2.23. The summed E-state index contributed by atoms with van der Waals surface area (Å²) in [6, 6.07) is 15.0. The lowest BCUT2D eigenvalue weighted by molar-refractivity contribution is -0.123. The Labute approximate surface area is 154 Å². The number of ether oxygens (including phenoxy) is 1. The summed E-state index contributed by atoms with van der Waals surface area (Å²) < 4.78 is 32.4. The number of hydrogen-bond acceptors (Lipinski definition) is 4. The van der Waals surface area contributed by atoms with Crippen LogP contribution in [-0.4, -0.2) is 33.5 Å². The Kier molecular flexibility index (Phi) is 6.63. The van der Waals surface area contributed by atoms with E-state index in [0.29, 0.717) is 18.0 Å². The number of carbonyl (C=O) groups is 1. The molecule has 0 aliphatic carbocycles. The van der Waals surface area contributed by atoms with E-state index in [2.05, 4.69) is 5.32 Å². The zero-order valence-electron chi connectivity index (χ0n) is 15.2. The van der Waals surface area contributed by atoms with E-state index >= 15 is 0 Å². The zero-order chi connectivity index (χ0) is 19.2. The molecule has 0 aliphatic heterocycles. The molecule has 0 spiro atoms. The first-order valence-corrected chi connectivity index (χ1v) is 9.88. The van der Waals surface area contributed by atoms with Gasteiger partial charge in [0.05, 0.1) is 10.6 Å². The number of carbonyl (C=O) groups excluding carboxylic acids is 1. The second-order valence-electron chi connectivity index (χ2n) is 5.99. The van der Waals surface area contributed by atoms with E-state index in [1.54, 1.807) is 61.5 Å². The highest BCUT2D eigenvalue weighted by atomic mass is 32.2. The number of nitrogens with zero attached hydrogens (tertiary/aromatic N) is 1. The minimum absolute atomic E-state index is 0.0507. The molecule has 1 amide bonds. The lowest BCUT2D eigenvalue weighted by Crippen LogP contribution is -2.34. The van der Waals surface area contributed by atoms with Crippen LogP contribution in [0.15, 0.2) is 59.5 Å². The van der Waals surface area contributed by atoms with Crippen molar-refractivity contribution in [1.82, 2.24) is 5.32 Å². The monoisotopic (exact) mass is 376 g/mol. The van der Waals surface area contributed by atoms with Crippen LogP contribution in [0, 0.1) is 0 Å². The Morgan fingerprint density at radius 1 is 1.08 bits per heavy atom. The maximum Gasteiger partial charge on any atom is 0.264 e. The fraction of sp³-hybridized carbons (Fsp3) is 0.316. The SMILES string of the molecule is CCN(c1ccc(OCC(=O)NC(C)C)cc1)S(=O)(=O)c1ccccc1. The fourth-order valence-electron chi connectivity index (χ4n) is 2.43. The topological polar surface area (TPSA) is 75.7 Å². The van der Waals surface area contributed by atoms with Gasteiger partial charge in [0.25, 0.3) is 15.9 Å². The minimum atomic E-state index is -3.63. The summed E-state index contributed by atoms with van der Waals surface area (Å²) in [5.41, 5.74) is 0.537. The van der Waals surface area contributed by atoms with E-state index in [1.165, 1.54) is 4.31 Å².